The van der Waals surface area contributed by atoms with Crippen LogP contribution in [0.15, 0.2) is 53.2 Å². The number of fused-ring (bicyclic) bond motifs is 1. The van der Waals surface area contributed by atoms with E-state index in [2.05, 4.69) is 16.0 Å². The van der Waals surface area contributed by atoms with E-state index >= 15 is 0 Å². The van der Waals surface area contributed by atoms with Gasteiger partial charge in [-0.25, -0.2) is 0 Å². The number of rotatable bonds is 8. The van der Waals surface area contributed by atoms with Crippen molar-refractivity contribution < 1.29 is 18.0 Å². The monoisotopic (exact) mass is 555 g/mol. The van der Waals surface area contributed by atoms with Crippen molar-refractivity contribution in [2.45, 2.75) is 44.4 Å². The maximum absolute atomic E-state index is 13.8. The zero-order valence-corrected chi connectivity index (χ0v) is 23.0. The number of aliphatic imine (C=N–C) groups is 1. The zero-order chi connectivity index (χ0) is 28.3. The molecule has 1 unspecified atom stereocenters. The van der Waals surface area contributed by atoms with Crippen LogP contribution in [-0.2, 0) is 11.3 Å². The minimum Gasteiger partial charge on any atom is -0.394 e. The predicted octanol–water partition coefficient (Wildman–Crippen LogP) is 5.31. The Morgan fingerprint density at radius 1 is 1.31 bits per heavy atom. The molecule has 2 heterocycles. The molecule has 1 saturated carbocycles. The summed E-state index contributed by atoms with van der Waals surface area (Å²) in [5.41, 5.74) is 5.94. The summed E-state index contributed by atoms with van der Waals surface area (Å²) >= 11 is 1.31. The largest absolute Gasteiger partial charge is 0.431 e. The molecule has 1 aliphatic carbocycles. The molecule has 2 atom stereocenters. The number of hydrogen-bond donors (Lipinski definition) is 1. The van der Waals surface area contributed by atoms with Gasteiger partial charge in [0.2, 0.25) is 5.91 Å². The second-order valence-corrected chi connectivity index (χ2v) is 11.2. The lowest BCUT2D eigenvalue weighted by atomic mass is 9.83. The van der Waals surface area contributed by atoms with E-state index in [0.29, 0.717) is 35.0 Å². The number of carbonyl (C=O) groups excluding carboxylic acids is 1. The van der Waals surface area contributed by atoms with Gasteiger partial charge in [0.25, 0.3) is 0 Å². The number of nitrogens with zero attached hydrogens (tertiary/aromatic N) is 4. The van der Waals surface area contributed by atoms with Crippen LogP contribution in [0.4, 0.5) is 13.2 Å². The number of likely N-dealkylation sites (N-methyl/N-ethyl adjacent to an activating group) is 1. The van der Waals surface area contributed by atoms with Crippen molar-refractivity contribution in [2.24, 2.45) is 16.6 Å². The Kier molecular flexibility index (Phi) is 8.62. The van der Waals surface area contributed by atoms with Crippen LogP contribution >= 0.6 is 11.3 Å². The van der Waals surface area contributed by atoms with Crippen molar-refractivity contribution in [3.8, 4) is 6.07 Å². The Morgan fingerprint density at radius 2 is 2.03 bits per heavy atom. The molecule has 0 spiro atoms. The van der Waals surface area contributed by atoms with Gasteiger partial charge < -0.3 is 15.5 Å². The number of nitriles is 1. The molecule has 206 valence electrons. The third kappa shape index (κ3) is 6.43. The van der Waals surface area contributed by atoms with E-state index in [1.165, 1.54) is 17.6 Å². The van der Waals surface area contributed by atoms with Gasteiger partial charge in [-0.1, -0.05) is 30.3 Å². The minimum absolute atomic E-state index is 0.166. The highest BCUT2D eigenvalue weighted by molar-refractivity contribution is 7.12. The molecule has 10 heteroatoms. The van der Waals surface area contributed by atoms with Gasteiger partial charge in [0.1, 0.15) is 16.6 Å². The first-order valence-electron chi connectivity index (χ1n) is 12.9. The quantitative estimate of drug-likeness (QED) is 0.353. The van der Waals surface area contributed by atoms with Crippen molar-refractivity contribution in [3.63, 3.8) is 0 Å². The van der Waals surface area contributed by atoms with Gasteiger partial charge in [0.05, 0.1) is 6.54 Å². The summed E-state index contributed by atoms with van der Waals surface area (Å²) < 4.78 is 41.3. The second-order valence-electron chi connectivity index (χ2n) is 10.1. The summed E-state index contributed by atoms with van der Waals surface area (Å²) in [6, 6.07) is 10.9. The highest BCUT2D eigenvalue weighted by Gasteiger charge is 2.37. The van der Waals surface area contributed by atoms with Crippen LogP contribution < -0.4 is 5.73 Å². The number of nitrogens with two attached hydrogens (primary N) is 1. The average Bonchev–Trinajstić information content (AvgIpc) is 3.64. The number of allylic oxidation sites excluding steroid dienone is 2. The van der Waals surface area contributed by atoms with Crippen LogP contribution in [-0.4, -0.2) is 61.3 Å². The van der Waals surface area contributed by atoms with Gasteiger partial charge in [-0.2, -0.15) is 18.4 Å². The van der Waals surface area contributed by atoms with Gasteiger partial charge >= 0.3 is 6.18 Å². The number of amides is 1. The predicted molar refractivity (Wildman–Crippen MR) is 148 cm³/mol. The highest BCUT2D eigenvalue weighted by Crippen LogP contribution is 2.42. The Balaban J connectivity index is 1.77. The van der Waals surface area contributed by atoms with Crippen molar-refractivity contribution in [1.29, 1.82) is 5.26 Å². The maximum atomic E-state index is 13.8. The van der Waals surface area contributed by atoms with Crippen LogP contribution in [0, 0.1) is 17.2 Å². The fraction of sp³-hybridized carbons (Fsp3) is 0.414. The molecule has 1 aliphatic heterocycles. The number of alkyl halides is 3. The minimum atomic E-state index is -4.74. The lowest BCUT2D eigenvalue weighted by molar-refractivity contribution is -0.127. The fourth-order valence-corrected chi connectivity index (χ4v) is 6.08. The van der Waals surface area contributed by atoms with E-state index in [4.69, 9.17) is 5.73 Å². The first-order valence-corrected chi connectivity index (χ1v) is 13.7. The molecular formula is C29H32F3N5OS. The standard InChI is InChI=1S/C29H32F3N5OS/c1-4-35-15-23(28(34)29(30,31)32)20-7-5-6-8-21(20)24-16-37(17-26-22(24)13-19(14-33)39-26)27(38)12-11-25(36(2)3)18-9-10-18/h5-8,11-13,15,18,24-25H,4,9-10,16-17,34H2,1-3H3/b12-11+,28-23?,35-15?/t24-,25?/m0/s1. The van der Waals surface area contributed by atoms with Crippen molar-refractivity contribution in [3.05, 3.63) is 74.6 Å². The molecule has 0 saturated heterocycles. The Morgan fingerprint density at radius 3 is 2.64 bits per heavy atom. The lowest BCUT2D eigenvalue weighted by Crippen LogP contribution is -2.37. The molecule has 1 aromatic carbocycles. The molecule has 1 amide bonds. The number of hydrogen-bond acceptors (Lipinski definition) is 6. The molecule has 1 aromatic heterocycles. The lowest BCUT2D eigenvalue weighted by Gasteiger charge is -2.34. The van der Waals surface area contributed by atoms with Crippen LogP contribution in [0.2, 0.25) is 0 Å². The summed E-state index contributed by atoms with van der Waals surface area (Å²) in [6.45, 7) is 2.62. The number of carbonyl (C=O) groups is 1. The number of benzene rings is 1. The Hall–Kier alpha value is -3.42. The van der Waals surface area contributed by atoms with Crippen LogP contribution in [0.5, 0.6) is 0 Å². The van der Waals surface area contributed by atoms with E-state index in [0.717, 1.165) is 23.3 Å². The van der Waals surface area contributed by atoms with Gasteiger partial charge in [0, 0.05) is 47.8 Å². The summed E-state index contributed by atoms with van der Waals surface area (Å²) in [7, 11) is 3.99. The maximum Gasteiger partial charge on any atom is 0.431 e. The molecular weight excluding hydrogens is 523 g/mol. The third-order valence-corrected chi connectivity index (χ3v) is 8.18. The Labute approximate surface area is 230 Å². The first-order chi connectivity index (χ1) is 18.5. The summed E-state index contributed by atoms with van der Waals surface area (Å²) in [4.78, 5) is 22.6. The average molecular weight is 556 g/mol. The van der Waals surface area contributed by atoms with E-state index in [1.54, 1.807) is 48.2 Å². The van der Waals surface area contributed by atoms with Crippen LogP contribution in [0.3, 0.4) is 0 Å². The zero-order valence-electron chi connectivity index (χ0n) is 22.2. The molecule has 2 aliphatic rings. The molecule has 2 aromatic rings. The first kappa shape index (κ1) is 28.6. The number of halogens is 3. The Bertz CT molecular complexity index is 1350. The van der Waals surface area contributed by atoms with Crippen molar-refractivity contribution in [2.75, 3.05) is 27.2 Å². The van der Waals surface area contributed by atoms with Crippen molar-refractivity contribution >= 4 is 29.0 Å². The van der Waals surface area contributed by atoms with E-state index in [-0.39, 0.29) is 24.1 Å². The highest BCUT2D eigenvalue weighted by atomic mass is 32.1. The third-order valence-electron chi connectivity index (χ3n) is 7.14. The fourth-order valence-electron chi connectivity index (χ4n) is 5.05. The van der Waals surface area contributed by atoms with E-state index in [1.807, 2.05) is 20.2 Å². The normalized spacial score (nSPS) is 19.3. The van der Waals surface area contributed by atoms with Crippen LogP contribution in [0.1, 0.15) is 52.1 Å². The van der Waals surface area contributed by atoms with E-state index < -0.39 is 17.8 Å². The molecule has 4 rings (SSSR count). The topological polar surface area (TPSA) is 85.7 Å². The van der Waals surface area contributed by atoms with Gasteiger partial charge in [-0.15, -0.1) is 11.3 Å². The van der Waals surface area contributed by atoms with Crippen molar-refractivity contribution in [1.82, 2.24) is 9.80 Å². The molecule has 0 bridgehead atoms. The van der Waals surface area contributed by atoms with Gasteiger partial charge in [-0.05, 0) is 62.5 Å². The summed E-state index contributed by atoms with van der Waals surface area (Å²) in [6.07, 6.45) is 2.25. The van der Waals surface area contributed by atoms with Crippen LogP contribution in [0.25, 0.3) is 5.57 Å². The second kappa shape index (κ2) is 11.8. The van der Waals surface area contributed by atoms with Gasteiger partial charge in [0.15, 0.2) is 0 Å². The SMILES string of the molecule is CCN=CC(=C(N)C(F)(F)F)c1ccccc1[C@@H]1CN(C(=O)/C=C/C(C2CC2)N(C)C)Cc2sc(C#N)cc21. The summed E-state index contributed by atoms with van der Waals surface area (Å²) in [5.74, 6) is -0.0679. The summed E-state index contributed by atoms with van der Waals surface area (Å²) in [5, 5.41) is 9.57. The number of thiophene rings is 1. The molecule has 39 heavy (non-hydrogen) atoms. The smallest absolute Gasteiger partial charge is 0.394 e. The molecule has 0 radical (unpaired) electrons. The molecule has 6 nitrogen and oxygen atoms in total. The van der Waals surface area contributed by atoms with Gasteiger partial charge in [-0.3, -0.25) is 9.79 Å². The molecule has 1 fully saturated rings. The molecule has 2 N–H and O–H groups in total. The van der Waals surface area contributed by atoms with E-state index in [9.17, 15) is 23.2 Å².